The van der Waals surface area contributed by atoms with Gasteiger partial charge in [0.1, 0.15) is 11.5 Å². The Balaban J connectivity index is 2.52. The molecule has 0 aliphatic carbocycles. The minimum atomic E-state index is -0.665. The maximum absolute atomic E-state index is 12.9. The van der Waals surface area contributed by atoms with Crippen molar-refractivity contribution in [2.45, 2.75) is 5.56 Å². The van der Waals surface area contributed by atoms with E-state index in [-0.39, 0.29) is 11.4 Å². The third-order valence-electron chi connectivity index (χ3n) is 1.53. The summed E-state index contributed by atoms with van der Waals surface area (Å²) in [6, 6.07) is 1.91. The van der Waals surface area contributed by atoms with Crippen LogP contribution in [0.15, 0.2) is 12.1 Å². The lowest BCUT2D eigenvalue weighted by Gasteiger charge is -1.99. The van der Waals surface area contributed by atoms with Crippen LogP contribution < -0.4 is 10.1 Å². The highest BCUT2D eigenvalue weighted by atomic mass is 32.1. The summed E-state index contributed by atoms with van der Waals surface area (Å²) in [5.41, 5.74) is -0.437. The number of ether oxygens (including phenoxy) is 1. The molecule has 0 amide bonds. The smallest absolute Gasteiger partial charge is 0.216 e. The molecule has 1 atom stereocenters. The van der Waals surface area contributed by atoms with E-state index in [2.05, 4.69) is 17.9 Å². The lowest BCUT2D eigenvalue weighted by molar-refractivity contribution is 0.341. The van der Waals surface area contributed by atoms with E-state index in [1.165, 1.54) is 0 Å². The van der Waals surface area contributed by atoms with E-state index in [1.807, 2.05) is 0 Å². The van der Waals surface area contributed by atoms with E-state index in [1.54, 1.807) is 0 Å². The Bertz CT molecular complexity index is 331. The van der Waals surface area contributed by atoms with Crippen molar-refractivity contribution in [3.63, 3.8) is 0 Å². The number of thiol groups is 1. The molecule has 1 N–H and O–H groups in total. The number of rotatable bonds is 0. The molecule has 1 unspecified atom stereocenters. The molecular formula is C7H5F2NOS. The van der Waals surface area contributed by atoms with E-state index < -0.39 is 17.2 Å². The number of hydrogen-bond acceptors (Lipinski definition) is 3. The fourth-order valence-corrected chi connectivity index (χ4v) is 1.30. The van der Waals surface area contributed by atoms with Crippen LogP contribution in [0, 0.1) is 11.6 Å². The molecule has 1 aromatic rings. The molecule has 0 saturated heterocycles. The van der Waals surface area contributed by atoms with Crippen LogP contribution in [-0.4, -0.2) is 5.56 Å². The van der Waals surface area contributed by atoms with E-state index in [0.29, 0.717) is 0 Å². The predicted octanol–water partition coefficient (Wildman–Crippen LogP) is 1.98. The molecule has 5 heteroatoms. The Morgan fingerprint density at radius 2 is 2.17 bits per heavy atom. The third-order valence-corrected chi connectivity index (χ3v) is 1.76. The molecule has 1 heterocycles. The topological polar surface area (TPSA) is 21.3 Å². The van der Waals surface area contributed by atoms with Gasteiger partial charge in [0.15, 0.2) is 11.6 Å². The summed E-state index contributed by atoms with van der Waals surface area (Å²) >= 11 is 3.90. The van der Waals surface area contributed by atoms with Crippen molar-refractivity contribution in [3.8, 4) is 5.75 Å². The van der Waals surface area contributed by atoms with Gasteiger partial charge >= 0.3 is 0 Å². The number of fused-ring (bicyclic) bond motifs is 1. The quantitative estimate of drug-likeness (QED) is 0.609. The number of anilines is 1. The number of hydrogen-bond donors (Lipinski definition) is 2. The first-order valence-corrected chi connectivity index (χ1v) is 3.79. The van der Waals surface area contributed by atoms with Gasteiger partial charge in [-0.1, -0.05) is 0 Å². The zero-order chi connectivity index (χ0) is 8.72. The van der Waals surface area contributed by atoms with E-state index in [0.717, 1.165) is 12.1 Å². The van der Waals surface area contributed by atoms with Crippen LogP contribution in [0.2, 0.25) is 0 Å². The Hall–Kier alpha value is -0.970. The van der Waals surface area contributed by atoms with Crippen molar-refractivity contribution >= 4 is 18.3 Å². The molecule has 0 bridgehead atoms. The van der Waals surface area contributed by atoms with Crippen LogP contribution >= 0.6 is 12.6 Å². The molecule has 64 valence electrons. The lowest BCUT2D eigenvalue weighted by atomic mass is 10.3. The molecule has 0 spiro atoms. The fourth-order valence-electron chi connectivity index (χ4n) is 1.06. The Labute approximate surface area is 72.9 Å². The average molecular weight is 189 g/mol. The molecule has 0 radical (unpaired) electrons. The van der Waals surface area contributed by atoms with E-state index in [9.17, 15) is 8.78 Å². The summed E-state index contributed by atoms with van der Waals surface area (Å²) < 4.78 is 30.4. The SMILES string of the molecule is Fc1cc(F)c2c(c1)OC(S)N2. The van der Waals surface area contributed by atoms with Gasteiger partial charge in [0.05, 0.1) is 0 Å². The first-order chi connectivity index (χ1) is 5.66. The molecule has 1 aliphatic heterocycles. The van der Waals surface area contributed by atoms with Gasteiger partial charge in [-0.05, 0) is 0 Å². The van der Waals surface area contributed by atoms with Crippen molar-refractivity contribution in [1.82, 2.24) is 0 Å². The monoisotopic (exact) mass is 189 g/mol. The number of benzene rings is 1. The minimum Gasteiger partial charge on any atom is -0.459 e. The van der Waals surface area contributed by atoms with Gasteiger partial charge in [-0.15, -0.1) is 12.6 Å². The van der Waals surface area contributed by atoms with Crippen molar-refractivity contribution in [1.29, 1.82) is 0 Å². The van der Waals surface area contributed by atoms with Gasteiger partial charge in [-0.3, -0.25) is 0 Å². The van der Waals surface area contributed by atoms with Crippen LogP contribution in [0.1, 0.15) is 0 Å². The van der Waals surface area contributed by atoms with Crippen LogP contribution in [0.5, 0.6) is 5.75 Å². The van der Waals surface area contributed by atoms with Gasteiger partial charge < -0.3 is 10.1 Å². The number of halogens is 2. The molecular weight excluding hydrogens is 184 g/mol. The maximum Gasteiger partial charge on any atom is 0.216 e. The summed E-state index contributed by atoms with van der Waals surface area (Å²) in [4.78, 5) is 0. The van der Waals surface area contributed by atoms with E-state index in [4.69, 9.17) is 4.74 Å². The van der Waals surface area contributed by atoms with Gasteiger partial charge in [-0.25, -0.2) is 8.78 Å². The largest absolute Gasteiger partial charge is 0.459 e. The zero-order valence-corrected chi connectivity index (χ0v) is 6.74. The Morgan fingerprint density at radius 3 is 2.92 bits per heavy atom. The molecule has 12 heavy (non-hydrogen) atoms. The molecule has 2 rings (SSSR count). The van der Waals surface area contributed by atoms with Crippen molar-refractivity contribution in [2.75, 3.05) is 5.32 Å². The molecule has 0 saturated carbocycles. The Kier molecular flexibility index (Phi) is 1.61. The van der Waals surface area contributed by atoms with Crippen molar-refractivity contribution in [2.24, 2.45) is 0 Å². The van der Waals surface area contributed by atoms with Gasteiger partial charge in [0, 0.05) is 12.1 Å². The molecule has 0 fully saturated rings. The van der Waals surface area contributed by atoms with Gasteiger partial charge in [-0.2, -0.15) is 0 Å². The van der Waals surface area contributed by atoms with Crippen LogP contribution in [-0.2, 0) is 0 Å². The Morgan fingerprint density at radius 1 is 1.42 bits per heavy atom. The highest BCUT2D eigenvalue weighted by molar-refractivity contribution is 7.80. The predicted molar refractivity (Wildman–Crippen MR) is 43.4 cm³/mol. The van der Waals surface area contributed by atoms with Gasteiger partial charge in [0.25, 0.3) is 0 Å². The summed E-state index contributed by atoms with van der Waals surface area (Å²) in [7, 11) is 0. The van der Waals surface area contributed by atoms with Crippen LogP contribution in [0.4, 0.5) is 14.5 Å². The average Bonchev–Trinajstić information content (AvgIpc) is 2.29. The summed E-state index contributed by atoms with van der Waals surface area (Å²) in [6.07, 6.45) is 0. The normalized spacial score (nSPS) is 19.8. The minimum absolute atomic E-state index is 0.160. The van der Waals surface area contributed by atoms with Crippen molar-refractivity contribution in [3.05, 3.63) is 23.8 Å². The van der Waals surface area contributed by atoms with Crippen LogP contribution in [0.25, 0.3) is 0 Å². The first kappa shape index (κ1) is 7.67. The lowest BCUT2D eigenvalue weighted by Crippen LogP contribution is -2.11. The second kappa shape index (κ2) is 2.52. The van der Waals surface area contributed by atoms with Crippen molar-refractivity contribution < 1.29 is 13.5 Å². The molecule has 1 aromatic carbocycles. The third kappa shape index (κ3) is 1.10. The van der Waals surface area contributed by atoms with E-state index >= 15 is 0 Å². The summed E-state index contributed by atoms with van der Waals surface area (Å²) in [5.74, 6) is -1.16. The maximum atomic E-state index is 12.9. The summed E-state index contributed by atoms with van der Waals surface area (Å²) in [6.45, 7) is 0. The molecule has 1 aliphatic rings. The zero-order valence-electron chi connectivity index (χ0n) is 5.84. The standard InChI is InChI=1S/C7H5F2NOS/c8-3-1-4(9)6-5(2-3)11-7(12)10-6/h1-2,7,10,12H. The second-order valence-electron chi connectivity index (χ2n) is 2.38. The highest BCUT2D eigenvalue weighted by Crippen LogP contribution is 2.35. The first-order valence-electron chi connectivity index (χ1n) is 3.27. The second-order valence-corrected chi connectivity index (χ2v) is 2.84. The molecule has 0 aromatic heterocycles. The number of nitrogens with one attached hydrogen (secondary N) is 1. The van der Waals surface area contributed by atoms with Gasteiger partial charge in [0.2, 0.25) is 5.56 Å². The van der Waals surface area contributed by atoms with Crippen LogP contribution in [0.3, 0.4) is 0 Å². The summed E-state index contributed by atoms with van der Waals surface area (Å²) in [5, 5.41) is 2.59. The highest BCUT2D eigenvalue weighted by Gasteiger charge is 2.22. The molecule has 2 nitrogen and oxygen atoms in total. The fraction of sp³-hybridized carbons (Fsp3) is 0.143.